The molecule has 20 heavy (non-hydrogen) atoms. The third-order valence-corrected chi connectivity index (χ3v) is 5.39. The summed E-state index contributed by atoms with van der Waals surface area (Å²) in [5.74, 6) is 1.78. The summed E-state index contributed by atoms with van der Waals surface area (Å²) in [5.41, 5.74) is 0.352. The van der Waals surface area contributed by atoms with Gasteiger partial charge in [0.05, 0.1) is 13.6 Å². The van der Waals surface area contributed by atoms with E-state index in [0.29, 0.717) is 11.6 Å². The van der Waals surface area contributed by atoms with E-state index >= 15 is 0 Å². The van der Waals surface area contributed by atoms with Crippen molar-refractivity contribution in [2.45, 2.75) is 56.7 Å². The Morgan fingerprint density at radius 2 is 2.10 bits per heavy atom. The standard InChI is InChI=1S/C14H24N6/c1-19-17-13(16-18-19)9-20-8-12(11-4-5-11)15-10-14(20)6-2-3-7-14/h11-12,15H,2-10H2,1H3. The molecular weight excluding hydrogens is 252 g/mol. The number of piperazine rings is 1. The molecule has 1 aliphatic heterocycles. The van der Waals surface area contributed by atoms with Crippen molar-refractivity contribution in [2.24, 2.45) is 13.0 Å². The van der Waals surface area contributed by atoms with E-state index in [-0.39, 0.29) is 0 Å². The number of hydrogen-bond donors (Lipinski definition) is 1. The number of rotatable bonds is 3. The summed E-state index contributed by atoms with van der Waals surface area (Å²) in [6.07, 6.45) is 8.17. The summed E-state index contributed by atoms with van der Waals surface area (Å²) in [7, 11) is 1.84. The number of nitrogens with one attached hydrogen (secondary N) is 1. The molecule has 1 spiro atoms. The van der Waals surface area contributed by atoms with E-state index in [1.54, 1.807) is 4.80 Å². The van der Waals surface area contributed by atoms with Gasteiger partial charge in [-0.25, -0.2) is 0 Å². The van der Waals surface area contributed by atoms with Crippen molar-refractivity contribution >= 4 is 0 Å². The zero-order valence-electron chi connectivity index (χ0n) is 12.3. The SMILES string of the molecule is Cn1nnc(CN2CC(C3CC3)NCC23CCCC3)n1. The highest BCUT2D eigenvalue weighted by Gasteiger charge is 2.46. The molecule has 1 aromatic rings. The summed E-state index contributed by atoms with van der Waals surface area (Å²) < 4.78 is 0. The van der Waals surface area contributed by atoms with Crippen LogP contribution in [0.1, 0.15) is 44.3 Å². The molecule has 3 aliphatic rings. The summed E-state index contributed by atoms with van der Waals surface area (Å²) in [4.78, 5) is 4.23. The first-order valence-corrected chi connectivity index (χ1v) is 7.97. The quantitative estimate of drug-likeness (QED) is 0.881. The van der Waals surface area contributed by atoms with Gasteiger partial charge in [0.15, 0.2) is 5.82 Å². The highest BCUT2D eigenvalue weighted by atomic mass is 15.6. The molecular formula is C14H24N6. The Balaban J connectivity index is 1.53. The van der Waals surface area contributed by atoms with E-state index in [0.717, 1.165) is 31.4 Å². The molecule has 2 saturated carbocycles. The van der Waals surface area contributed by atoms with E-state index in [2.05, 4.69) is 25.6 Å². The minimum absolute atomic E-state index is 0.352. The zero-order valence-corrected chi connectivity index (χ0v) is 12.3. The van der Waals surface area contributed by atoms with E-state index in [1.165, 1.54) is 38.5 Å². The normalized spacial score (nSPS) is 30.1. The highest BCUT2D eigenvalue weighted by Crippen LogP contribution is 2.41. The van der Waals surface area contributed by atoms with E-state index in [1.807, 2.05) is 7.05 Å². The topological polar surface area (TPSA) is 58.9 Å². The van der Waals surface area contributed by atoms with Crippen LogP contribution in [0.2, 0.25) is 0 Å². The number of aryl methyl sites for hydroxylation is 1. The Labute approximate surface area is 119 Å². The molecule has 2 aliphatic carbocycles. The Morgan fingerprint density at radius 3 is 2.75 bits per heavy atom. The molecule has 0 amide bonds. The van der Waals surface area contributed by atoms with Crippen LogP contribution in [0.25, 0.3) is 0 Å². The first-order valence-electron chi connectivity index (χ1n) is 7.97. The highest BCUT2D eigenvalue weighted by molar-refractivity contribution is 5.05. The van der Waals surface area contributed by atoms with Gasteiger partial charge >= 0.3 is 0 Å². The largest absolute Gasteiger partial charge is 0.311 e. The lowest BCUT2D eigenvalue weighted by Crippen LogP contribution is -2.63. The number of nitrogens with zero attached hydrogens (tertiary/aromatic N) is 5. The zero-order chi connectivity index (χ0) is 13.6. The Bertz CT molecular complexity index is 474. The summed E-state index contributed by atoms with van der Waals surface area (Å²) in [6, 6.07) is 0.679. The van der Waals surface area contributed by atoms with Crippen LogP contribution in [0.15, 0.2) is 0 Å². The van der Waals surface area contributed by atoms with Crippen molar-refractivity contribution in [1.29, 1.82) is 0 Å². The minimum Gasteiger partial charge on any atom is -0.311 e. The van der Waals surface area contributed by atoms with Gasteiger partial charge in [0.25, 0.3) is 0 Å². The van der Waals surface area contributed by atoms with E-state index in [9.17, 15) is 0 Å². The van der Waals surface area contributed by atoms with Crippen LogP contribution in [-0.4, -0.2) is 49.8 Å². The molecule has 1 N–H and O–H groups in total. The van der Waals surface area contributed by atoms with Gasteiger partial charge < -0.3 is 5.32 Å². The maximum Gasteiger partial charge on any atom is 0.188 e. The molecule has 1 saturated heterocycles. The second-order valence-corrected chi connectivity index (χ2v) is 6.83. The molecule has 3 fully saturated rings. The first-order chi connectivity index (χ1) is 9.75. The molecule has 0 aromatic carbocycles. The maximum atomic E-state index is 4.38. The molecule has 4 rings (SSSR count). The van der Waals surface area contributed by atoms with Crippen molar-refractivity contribution in [3.63, 3.8) is 0 Å². The van der Waals surface area contributed by atoms with Gasteiger partial charge in [-0.1, -0.05) is 12.8 Å². The molecule has 6 nitrogen and oxygen atoms in total. The molecule has 0 radical (unpaired) electrons. The van der Waals surface area contributed by atoms with Crippen LogP contribution >= 0.6 is 0 Å². The molecule has 110 valence electrons. The maximum absolute atomic E-state index is 4.38. The smallest absolute Gasteiger partial charge is 0.188 e. The second kappa shape index (κ2) is 4.77. The fraction of sp³-hybridized carbons (Fsp3) is 0.929. The summed E-state index contributed by atoms with van der Waals surface area (Å²) in [6.45, 7) is 3.16. The van der Waals surface area contributed by atoms with Gasteiger partial charge in [0.2, 0.25) is 0 Å². The van der Waals surface area contributed by atoms with Crippen LogP contribution in [0, 0.1) is 5.92 Å². The molecule has 1 atom stereocenters. The number of tetrazole rings is 1. The van der Waals surface area contributed by atoms with Crippen molar-refractivity contribution in [3.05, 3.63) is 5.82 Å². The molecule has 1 aromatic heterocycles. The fourth-order valence-electron chi connectivity index (χ4n) is 4.06. The fourth-order valence-corrected chi connectivity index (χ4v) is 4.06. The number of hydrogen-bond acceptors (Lipinski definition) is 5. The van der Waals surface area contributed by atoms with Crippen molar-refractivity contribution in [1.82, 2.24) is 30.4 Å². The van der Waals surface area contributed by atoms with Gasteiger partial charge in [-0.15, -0.1) is 10.2 Å². The lowest BCUT2D eigenvalue weighted by molar-refractivity contribution is 0.0289. The third kappa shape index (κ3) is 2.24. The van der Waals surface area contributed by atoms with Crippen LogP contribution < -0.4 is 5.32 Å². The Hall–Kier alpha value is -1.01. The average Bonchev–Trinajstić information content (AvgIpc) is 3.05. The van der Waals surface area contributed by atoms with Gasteiger partial charge in [-0.05, 0) is 36.8 Å². The average molecular weight is 276 g/mol. The van der Waals surface area contributed by atoms with Gasteiger partial charge in [0, 0.05) is 24.7 Å². The van der Waals surface area contributed by atoms with Crippen molar-refractivity contribution < 1.29 is 0 Å². The summed E-state index contributed by atoms with van der Waals surface area (Å²) >= 11 is 0. The van der Waals surface area contributed by atoms with Crippen LogP contribution in [0.4, 0.5) is 0 Å². The molecule has 0 bridgehead atoms. The van der Waals surface area contributed by atoms with Gasteiger partial charge in [0.1, 0.15) is 0 Å². The lowest BCUT2D eigenvalue weighted by Gasteiger charge is -2.48. The predicted molar refractivity (Wildman–Crippen MR) is 74.9 cm³/mol. The lowest BCUT2D eigenvalue weighted by atomic mass is 9.90. The van der Waals surface area contributed by atoms with Gasteiger partial charge in [-0.3, -0.25) is 4.90 Å². The predicted octanol–water partition coefficient (Wildman–Crippen LogP) is 0.707. The molecule has 2 heterocycles. The number of aromatic nitrogens is 4. The summed E-state index contributed by atoms with van der Waals surface area (Å²) in [5, 5.41) is 16.4. The van der Waals surface area contributed by atoms with Crippen LogP contribution in [0.5, 0.6) is 0 Å². The van der Waals surface area contributed by atoms with Gasteiger partial charge in [-0.2, -0.15) is 4.80 Å². The molecule has 1 unspecified atom stereocenters. The van der Waals surface area contributed by atoms with E-state index < -0.39 is 0 Å². The Morgan fingerprint density at radius 1 is 1.30 bits per heavy atom. The second-order valence-electron chi connectivity index (χ2n) is 6.83. The van der Waals surface area contributed by atoms with Crippen molar-refractivity contribution in [3.8, 4) is 0 Å². The monoisotopic (exact) mass is 276 g/mol. The van der Waals surface area contributed by atoms with Crippen LogP contribution in [0.3, 0.4) is 0 Å². The third-order valence-electron chi connectivity index (χ3n) is 5.39. The minimum atomic E-state index is 0.352. The Kier molecular flexibility index (Phi) is 3.03. The van der Waals surface area contributed by atoms with Crippen molar-refractivity contribution in [2.75, 3.05) is 13.1 Å². The van der Waals surface area contributed by atoms with Crippen LogP contribution in [-0.2, 0) is 13.6 Å². The molecule has 6 heteroatoms. The first kappa shape index (κ1) is 12.7. The van der Waals surface area contributed by atoms with E-state index in [4.69, 9.17) is 0 Å².